The fourth-order valence-corrected chi connectivity index (χ4v) is 2.39. The van der Waals surface area contributed by atoms with Gasteiger partial charge in [0.05, 0.1) is 5.92 Å². The number of rotatable bonds is 5. The number of amides is 1. The summed E-state index contributed by atoms with van der Waals surface area (Å²) in [5.74, 6) is -0.851. The van der Waals surface area contributed by atoms with E-state index in [1.165, 1.54) is 4.90 Å². The molecule has 3 N–H and O–H groups in total. The molecule has 1 amide bonds. The maximum Gasteiger partial charge on any atom is 0.326 e. The van der Waals surface area contributed by atoms with Gasteiger partial charge in [0.1, 0.15) is 6.04 Å². The van der Waals surface area contributed by atoms with Gasteiger partial charge < -0.3 is 15.7 Å². The van der Waals surface area contributed by atoms with Gasteiger partial charge in [-0.05, 0) is 25.2 Å². The summed E-state index contributed by atoms with van der Waals surface area (Å²) in [5, 5.41) is 9.04. The lowest BCUT2D eigenvalue weighted by atomic mass is 9.95. The van der Waals surface area contributed by atoms with Crippen LogP contribution in [0.15, 0.2) is 0 Å². The highest BCUT2D eigenvalue weighted by Gasteiger charge is 2.36. The molecule has 5 nitrogen and oxygen atoms in total. The van der Waals surface area contributed by atoms with Gasteiger partial charge in [0.25, 0.3) is 0 Å². The summed E-state index contributed by atoms with van der Waals surface area (Å²) in [6.45, 7) is 4.91. The number of nitrogens with zero attached hydrogens (tertiary/aromatic N) is 1. The van der Waals surface area contributed by atoms with E-state index < -0.39 is 12.0 Å². The Bertz CT molecular complexity index is 291. The molecule has 1 fully saturated rings. The lowest BCUT2D eigenvalue weighted by molar-refractivity contribution is -0.150. The second kappa shape index (κ2) is 6.00. The van der Waals surface area contributed by atoms with E-state index >= 15 is 0 Å². The number of hydrogen-bond donors (Lipinski definition) is 2. The number of likely N-dealkylation sites (tertiary alicyclic amines) is 1. The highest BCUT2D eigenvalue weighted by atomic mass is 16.4. The van der Waals surface area contributed by atoms with Crippen molar-refractivity contribution in [1.82, 2.24) is 4.90 Å². The molecule has 0 saturated carbocycles. The van der Waals surface area contributed by atoms with Gasteiger partial charge in [0, 0.05) is 13.1 Å². The molecule has 2 atom stereocenters. The first-order valence-electron chi connectivity index (χ1n) is 6.20. The van der Waals surface area contributed by atoms with Crippen LogP contribution in [0.25, 0.3) is 0 Å². The molecule has 5 heteroatoms. The molecule has 0 aliphatic carbocycles. The number of carboxylic acids is 1. The Hall–Kier alpha value is -1.10. The van der Waals surface area contributed by atoms with Crippen molar-refractivity contribution < 1.29 is 14.7 Å². The summed E-state index contributed by atoms with van der Waals surface area (Å²) in [7, 11) is 0. The van der Waals surface area contributed by atoms with Crippen molar-refractivity contribution in [2.45, 2.75) is 39.2 Å². The predicted molar refractivity (Wildman–Crippen MR) is 64.4 cm³/mol. The van der Waals surface area contributed by atoms with Gasteiger partial charge in [-0.1, -0.05) is 13.8 Å². The third kappa shape index (κ3) is 3.43. The van der Waals surface area contributed by atoms with Crippen molar-refractivity contribution >= 4 is 11.9 Å². The molecule has 1 aliphatic rings. The van der Waals surface area contributed by atoms with Crippen LogP contribution in [0.2, 0.25) is 0 Å². The Morgan fingerprint density at radius 2 is 2.12 bits per heavy atom. The van der Waals surface area contributed by atoms with Crippen molar-refractivity contribution in [1.29, 1.82) is 0 Å². The van der Waals surface area contributed by atoms with E-state index in [4.69, 9.17) is 10.8 Å². The van der Waals surface area contributed by atoms with E-state index in [0.29, 0.717) is 25.4 Å². The molecule has 1 aliphatic heterocycles. The summed E-state index contributed by atoms with van der Waals surface area (Å²) in [4.78, 5) is 24.7. The highest BCUT2D eigenvalue weighted by Crippen LogP contribution is 2.22. The number of carbonyl (C=O) groups excluding carboxylic acids is 1. The minimum absolute atomic E-state index is 0.0916. The Labute approximate surface area is 102 Å². The summed E-state index contributed by atoms with van der Waals surface area (Å²) in [6.07, 6.45) is 2.04. The van der Waals surface area contributed by atoms with Crippen LogP contribution in [0, 0.1) is 11.8 Å². The van der Waals surface area contributed by atoms with E-state index in [1.807, 2.05) is 13.8 Å². The minimum Gasteiger partial charge on any atom is -0.480 e. The summed E-state index contributed by atoms with van der Waals surface area (Å²) in [5.41, 5.74) is 5.62. The van der Waals surface area contributed by atoms with Gasteiger partial charge in [0.15, 0.2) is 0 Å². The second-order valence-electron chi connectivity index (χ2n) is 5.09. The zero-order valence-corrected chi connectivity index (χ0v) is 10.6. The first-order chi connectivity index (χ1) is 7.97. The van der Waals surface area contributed by atoms with Crippen LogP contribution in [-0.2, 0) is 9.59 Å². The largest absolute Gasteiger partial charge is 0.480 e. The maximum absolute atomic E-state index is 12.2. The third-order valence-electron chi connectivity index (χ3n) is 3.21. The molecule has 1 heterocycles. The van der Waals surface area contributed by atoms with Crippen LogP contribution in [0.5, 0.6) is 0 Å². The molecule has 0 bridgehead atoms. The molecular formula is C12H22N2O3. The first kappa shape index (κ1) is 14.0. The van der Waals surface area contributed by atoms with E-state index in [1.54, 1.807) is 0 Å². The topological polar surface area (TPSA) is 83.6 Å². The Morgan fingerprint density at radius 3 is 2.59 bits per heavy atom. The van der Waals surface area contributed by atoms with Crippen LogP contribution in [0.1, 0.15) is 33.1 Å². The number of hydrogen-bond acceptors (Lipinski definition) is 3. The molecule has 0 aromatic rings. The lowest BCUT2D eigenvalue weighted by Crippen LogP contribution is -2.45. The quantitative estimate of drug-likeness (QED) is 0.742. The SMILES string of the molecule is CC(C)CC(CN)C(=O)N1CCCC1C(=O)O. The summed E-state index contributed by atoms with van der Waals surface area (Å²) in [6, 6.07) is -0.649. The average molecular weight is 242 g/mol. The predicted octanol–water partition coefficient (Wildman–Crippen LogP) is 0.683. The fourth-order valence-electron chi connectivity index (χ4n) is 2.39. The number of carboxylic acid groups (broad SMARTS) is 1. The van der Waals surface area contributed by atoms with Gasteiger partial charge in [-0.25, -0.2) is 4.79 Å². The van der Waals surface area contributed by atoms with Crippen LogP contribution in [-0.4, -0.2) is 41.0 Å². The molecule has 0 aromatic heterocycles. The van der Waals surface area contributed by atoms with Crippen molar-refractivity contribution in [2.75, 3.05) is 13.1 Å². The normalized spacial score (nSPS) is 21.9. The van der Waals surface area contributed by atoms with Gasteiger partial charge >= 0.3 is 5.97 Å². The van der Waals surface area contributed by atoms with Gasteiger partial charge in [-0.3, -0.25) is 4.79 Å². The van der Waals surface area contributed by atoms with Crippen LogP contribution in [0.4, 0.5) is 0 Å². The molecule has 1 saturated heterocycles. The smallest absolute Gasteiger partial charge is 0.326 e. The molecule has 17 heavy (non-hydrogen) atoms. The average Bonchev–Trinajstić information content (AvgIpc) is 2.73. The van der Waals surface area contributed by atoms with Crippen LogP contribution in [0.3, 0.4) is 0 Å². The molecule has 98 valence electrons. The van der Waals surface area contributed by atoms with Crippen LogP contribution >= 0.6 is 0 Å². The molecule has 0 radical (unpaired) electrons. The highest BCUT2D eigenvalue weighted by molar-refractivity contribution is 5.85. The Kier molecular flexibility index (Phi) is 4.93. The lowest BCUT2D eigenvalue weighted by Gasteiger charge is -2.26. The molecule has 0 spiro atoms. The van der Waals surface area contributed by atoms with E-state index in [-0.39, 0.29) is 11.8 Å². The van der Waals surface area contributed by atoms with Gasteiger partial charge in [-0.2, -0.15) is 0 Å². The zero-order valence-electron chi connectivity index (χ0n) is 10.6. The van der Waals surface area contributed by atoms with Crippen molar-refractivity contribution in [3.63, 3.8) is 0 Å². The van der Waals surface area contributed by atoms with Crippen LogP contribution < -0.4 is 5.73 Å². The third-order valence-corrected chi connectivity index (χ3v) is 3.21. The second-order valence-corrected chi connectivity index (χ2v) is 5.09. The van der Waals surface area contributed by atoms with Crippen molar-refractivity contribution in [2.24, 2.45) is 17.6 Å². The van der Waals surface area contributed by atoms with Crippen molar-refractivity contribution in [3.05, 3.63) is 0 Å². The van der Waals surface area contributed by atoms with E-state index in [2.05, 4.69) is 0 Å². The molecule has 2 unspecified atom stereocenters. The van der Waals surface area contributed by atoms with E-state index in [9.17, 15) is 9.59 Å². The summed E-state index contributed by atoms with van der Waals surface area (Å²) >= 11 is 0. The van der Waals surface area contributed by atoms with Crippen molar-refractivity contribution in [3.8, 4) is 0 Å². The Morgan fingerprint density at radius 1 is 1.47 bits per heavy atom. The number of aliphatic carboxylic acids is 1. The zero-order chi connectivity index (χ0) is 13.0. The minimum atomic E-state index is -0.906. The molecule has 0 aromatic carbocycles. The van der Waals surface area contributed by atoms with E-state index in [0.717, 1.165) is 12.8 Å². The number of nitrogens with two attached hydrogens (primary N) is 1. The monoisotopic (exact) mass is 242 g/mol. The molecular weight excluding hydrogens is 220 g/mol. The summed E-state index contributed by atoms with van der Waals surface area (Å²) < 4.78 is 0. The fraction of sp³-hybridized carbons (Fsp3) is 0.833. The maximum atomic E-state index is 12.2. The Balaban J connectivity index is 2.69. The first-order valence-corrected chi connectivity index (χ1v) is 6.20. The van der Waals surface area contributed by atoms with Gasteiger partial charge in [0.2, 0.25) is 5.91 Å². The number of carbonyl (C=O) groups is 2. The van der Waals surface area contributed by atoms with Gasteiger partial charge in [-0.15, -0.1) is 0 Å². The molecule has 1 rings (SSSR count). The standard InChI is InChI=1S/C12H22N2O3/c1-8(2)6-9(7-13)11(15)14-5-3-4-10(14)12(16)17/h8-10H,3-7,13H2,1-2H3,(H,16,17).